The summed E-state index contributed by atoms with van der Waals surface area (Å²) in [7, 11) is 0. The molecule has 1 aromatic heterocycles. The van der Waals surface area contributed by atoms with Crippen LogP contribution in [0.4, 0.5) is 10.2 Å². The second-order valence-corrected chi connectivity index (χ2v) is 5.66. The summed E-state index contributed by atoms with van der Waals surface area (Å²) in [6, 6.07) is 8.96. The molecule has 0 aliphatic carbocycles. The van der Waals surface area contributed by atoms with Crippen LogP contribution < -0.4 is 15.8 Å². The molecular formula is C17H20Cl2FN3O3. The third-order valence-corrected chi connectivity index (χ3v) is 3.86. The van der Waals surface area contributed by atoms with E-state index >= 15 is 0 Å². The Morgan fingerprint density at radius 3 is 2.31 bits per heavy atom. The van der Waals surface area contributed by atoms with Crippen molar-refractivity contribution in [2.45, 2.75) is 18.4 Å². The van der Waals surface area contributed by atoms with Crippen LogP contribution in [0.25, 0.3) is 0 Å². The zero-order valence-corrected chi connectivity index (χ0v) is 15.4. The zero-order chi connectivity index (χ0) is 17.0. The molecule has 3 rings (SSSR count). The third kappa shape index (κ3) is 5.54. The number of hydrogen-bond donors (Lipinski definition) is 2. The molecule has 3 N–H and O–H groups in total. The van der Waals surface area contributed by atoms with Crippen molar-refractivity contribution in [3.63, 3.8) is 0 Å². The Kier molecular flexibility index (Phi) is 8.23. The van der Waals surface area contributed by atoms with Gasteiger partial charge in [0.1, 0.15) is 28.7 Å². The summed E-state index contributed by atoms with van der Waals surface area (Å²) >= 11 is 0. The highest BCUT2D eigenvalue weighted by molar-refractivity contribution is 5.97. The normalized spacial score (nSPS) is 15.2. The van der Waals surface area contributed by atoms with E-state index in [-0.39, 0.29) is 36.5 Å². The first-order valence-electron chi connectivity index (χ1n) is 7.63. The monoisotopic (exact) mass is 403 g/mol. The van der Waals surface area contributed by atoms with Gasteiger partial charge in [-0.25, -0.2) is 9.37 Å². The average molecular weight is 404 g/mol. The van der Waals surface area contributed by atoms with Crippen LogP contribution in [-0.2, 0) is 9.53 Å². The van der Waals surface area contributed by atoms with E-state index in [2.05, 4.69) is 10.3 Å². The minimum atomic E-state index is -0.927. The molecule has 1 aliphatic heterocycles. The highest BCUT2D eigenvalue weighted by atomic mass is 35.5. The number of anilines is 1. The third-order valence-electron chi connectivity index (χ3n) is 3.86. The fraction of sp³-hybridized carbons (Fsp3) is 0.294. The number of benzene rings is 1. The number of pyridine rings is 1. The quantitative estimate of drug-likeness (QED) is 0.817. The van der Waals surface area contributed by atoms with Crippen molar-refractivity contribution in [1.29, 1.82) is 0 Å². The number of carbonyl (C=O) groups is 1. The van der Waals surface area contributed by atoms with Gasteiger partial charge in [-0.05, 0) is 49.2 Å². The first-order valence-corrected chi connectivity index (χ1v) is 7.63. The van der Waals surface area contributed by atoms with E-state index in [1.807, 2.05) is 0 Å². The number of nitrogens with zero attached hydrogens (tertiary/aromatic N) is 1. The van der Waals surface area contributed by atoms with Gasteiger partial charge in [-0.1, -0.05) is 0 Å². The maximum atomic E-state index is 12.9. The molecule has 1 aliphatic rings. The van der Waals surface area contributed by atoms with E-state index in [0.29, 0.717) is 43.4 Å². The standard InChI is InChI=1S/C17H18FN3O3.2ClH/c18-12-1-3-13(4-2-12)24-14-5-6-15(20-11-14)21-16(22)17(19)7-9-23-10-8-17;;/h1-6,11H,7-10,19H2,(H,20,21,22);2*1H. The molecule has 0 atom stereocenters. The number of nitrogens with one attached hydrogen (secondary N) is 1. The predicted molar refractivity (Wildman–Crippen MR) is 101 cm³/mol. The predicted octanol–water partition coefficient (Wildman–Crippen LogP) is 3.30. The van der Waals surface area contributed by atoms with Gasteiger partial charge in [0, 0.05) is 13.2 Å². The topological polar surface area (TPSA) is 86.5 Å². The molecule has 0 unspecified atom stereocenters. The van der Waals surface area contributed by atoms with E-state index in [1.54, 1.807) is 12.1 Å². The van der Waals surface area contributed by atoms with Crippen LogP contribution in [0.5, 0.6) is 11.5 Å². The van der Waals surface area contributed by atoms with Crippen LogP contribution in [0.1, 0.15) is 12.8 Å². The van der Waals surface area contributed by atoms with E-state index in [0.717, 1.165) is 0 Å². The van der Waals surface area contributed by atoms with Gasteiger partial charge in [0.25, 0.3) is 0 Å². The Morgan fingerprint density at radius 1 is 1.12 bits per heavy atom. The molecule has 2 aromatic rings. The Morgan fingerprint density at radius 2 is 1.73 bits per heavy atom. The molecular weight excluding hydrogens is 384 g/mol. The Labute approximate surface area is 163 Å². The fourth-order valence-electron chi connectivity index (χ4n) is 2.36. The minimum absolute atomic E-state index is 0. The first-order chi connectivity index (χ1) is 11.5. The largest absolute Gasteiger partial charge is 0.456 e. The molecule has 0 radical (unpaired) electrons. The van der Waals surface area contributed by atoms with Gasteiger partial charge in [-0.2, -0.15) is 0 Å². The van der Waals surface area contributed by atoms with Crippen LogP contribution in [0.2, 0.25) is 0 Å². The fourth-order valence-corrected chi connectivity index (χ4v) is 2.36. The second-order valence-electron chi connectivity index (χ2n) is 5.66. The summed E-state index contributed by atoms with van der Waals surface area (Å²) in [5.41, 5.74) is 5.19. The van der Waals surface area contributed by atoms with Gasteiger partial charge in [0.05, 0.1) is 6.20 Å². The van der Waals surface area contributed by atoms with Crippen molar-refractivity contribution < 1.29 is 18.7 Å². The van der Waals surface area contributed by atoms with Crippen molar-refractivity contribution in [3.8, 4) is 11.5 Å². The molecule has 2 heterocycles. The lowest BCUT2D eigenvalue weighted by Crippen LogP contribution is -2.54. The maximum Gasteiger partial charge on any atom is 0.245 e. The van der Waals surface area contributed by atoms with Gasteiger partial charge < -0.3 is 20.5 Å². The second kappa shape index (κ2) is 9.68. The highest BCUT2D eigenvalue weighted by Gasteiger charge is 2.36. The summed E-state index contributed by atoms with van der Waals surface area (Å²) in [5, 5.41) is 2.71. The summed E-state index contributed by atoms with van der Waals surface area (Å²) in [6.45, 7) is 0.948. The number of carbonyl (C=O) groups excluding carboxylic acids is 1. The molecule has 1 fully saturated rings. The number of aromatic nitrogens is 1. The van der Waals surface area contributed by atoms with Crippen LogP contribution in [0.15, 0.2) is 42.6 Å². The highest BCUT2D eigenvalue weighted by Crippen LogP contribution is 2.23. The number of nitrogens with two attached hydrogens (primary N) is 1. The number of rotatable bonds is 4. The van der Waals surface area contributed by atoms with Gasteiger partial charge in [-0.15, -0.1) is 24.8 Å². The van der Waals surface area contributed by atoms with E-state index in [4.69, 9.17) is 15.2 Å². The zero-order valence-electron chi connectivity index (χ0n) is 13.8. The SMILES string of the molecule is Cl.Cl.NC1(C(=O)Nc2ccc(Oc3ccc(F)cc3)cn2)CCOCC1. The lowest BCUT2D eigenvalue weighted by molar-refractivity contribution is -0.124. The number of amides is 1. The Bertz CT molecular complexity index is 708. The first kappa shape index (κ1) is 22.1. The average Bonchev–Trinajstić information content (AvgIpc) is 2.59. The Balaban J connectivity index is 0.00000169. The van der Waals surface area contributed by atoms with Crippen molar-refractivity contribution in [2.24, 2.45) is 5.73 Å². The van der Waals surface area contributed by atoms with Crippen molar-refractivity contribution >= 4 is 36.5 Å². The molecule has 0 spiro atoms. The van der Waals surface area contributed by atoms with Crippen LogP contribution >= 0.6 is 24.8 Å². The smallest absolute Gasteiger partial charge is 0.245 e. The lowest BCUT2D eigenvalue weighted by Gasteiger charge is -2.31. The molecule has 1 amide bonds. The molecule has 6 nitrogen and oxygen atoms in total. The summed E-state index contributed by atoms with van der Waals surface area (Å²) < 4.78 is 23.6. The van der Waals surface area contributed by atoms with Gasteiger partial charge >= 0.3 is 0 Å². The summed E-state index contributed by atoms with van der Waals surface area (Å²) in [6.07, 6.45) is 2.43. The van der Waals surface area contributed by atoms with Crippen molar-refractivity contribution in [1.82, 2.24) is 4.98 Å². The summed E-state index contributed by atoms with van der Waals surface area (Å²) in [4.78, 5) is 16.4. The molecule has 0 saturated carbocycles. The van der Waals surface area contributed by atoms with E-state index in [9.17, 15) is 9.18 Å². The van der Waals surface area contributed by atoms with Crippen LogP contribution in [-0.4, -0.2) is 29.6 Å². The number of ether oxygens (including phenoxy) is 2. The van der Waals surface area contributed by atoms with E-state index in [1.165, 1.54) is 30.5 Å². The Hall–Kier alpha value is -1.93. The maximum absolute atomic E-state index is 12.9. The van der Waals surface area contributed by atoms with E-state index < -0.39 is 5.54 Å². The molecule has 26 heavy (non-hydrogen) atoms. The van der Waals surface area contributed by atoms with Crippen LogP contribution in [0, 0.1) is 5.82 Å². The van der Waals surface area contributed by atoms with Crippen LogP contribution in [0.3, 0.4) is 0 Å². The minimum Gasteiger partial charge on any atom is -0.456 e. The number of hydrogen-bond acceptors (Lipinski definition) is 5. The molecule has 1 saturated heterocycles. The molecule has 142 valence electrons. The van der Waals surface area contributed by atoms with Crippen molar-refractivity contribution in [3.05, 3.63) is 48.4 Å². The molecule has 0 bridgehead atoms. The molecule has 9 heteroatoms. The lowest BCUT2D eigenvalue weighted by atomic mass is 9.90. The van der Waals surface area contributed by atoms with Gasteiger partial charge in [0.2, 0.25) is 5.91 Å². The molecule has 1 aromatic carbocycles. The summed E-state index contributed by atoms with van der Waals surface area (Å²) in [5.74, 6) is 0.766. The van der Waals surface area contributed by atoms with Gasteiger partial charge in [0.15, 0.2) is 0 Å². The number of halogens is 3. The van der Waals surface area contributed by atoms with Crippen molar-refractivity contribution in [2.75, 3.05) is 18.5 Å². The van der Waals surface area contributed by atoms with Gasteiger partial charge in [-0.3, -0.25) is 4.79 Å².